The lowest BCUT2D eigenvalue weighted by atomic mass is 10.1. The van der Waals surface area contributed by atoms with Crippen LogP contribution in [0.2, 0.25) is 10.0 Å². The first kappa shape index (κ1) is 23.1. The number of halogens is 2. The van der Waals surface area contributed by atoms with Crippen molar-refractivity contribution in [2.75, 3.05) is 6.54 Å². The third kappa shape index (κ3) is 5.66. The summed E-state index contributed by atoms with van der Waals surface area (Å²) >= 11 is 12.9. The highest BCUT2D eigenvalue weighted by molar-refractivity contribution is 8.18. The Hall–Kier alpha value is -3.06. The van der Waals surface area contributed by atoms with E-state index in [1.165, 1.54) is 0 Å². The van der Waals surface area contributed by atoms with Gasteiger partial charge >= 0.3 is 0 Å². The van der Waals surface area contributed by atoms with Gasteiger partial charge in [0.05, 0.1) is 11.4 Å². The van der Waals surface area contributed by atoms with Crippen LogP contribution in [0.4, 0.5) is 4.79 Å². The van der Waals surface area contributed by atoms with Gasteiger partial charge < -0.3 is 4.74 Å². The van der Waals surface area contributed by atoms with E-state index in [2.05, 4.69) is 0 Å². The quantitative estimate of drug-likeness (QED) is 0.275. The predicted molar refractivity (Wildman–Crippen MR) is 131 cm³/mol. The Morgan fingerprint density at radius 1 is 0.970 bits per heavy atom. The van der Waals surface area contributed by atoms with Gasteiger partial charge in [0.1, 0.15) is 12.4 Å². The number of carbonyl (C=O) groups is 3. The summed E-state index contributed by atoms with van der Waals surface area (Å²) in [7, 11) is 0. The summed E-state index contributed by atoms with van der Waals surface area (Å²) < 4.78 is 5.76. The Morgan fingerprint density at radius 2 is 1.70 bits per heavy atom. The van der Waals surface area contributed by atoms with Crippen LogP contribution in [-0.2, 0) is 11.4 Å². The minimum absolute atomic E-state index is 0.266. The first-order valence-corrected chi connectivity index (χ1v) is 11.5. The molecule has 0 atom stereocenters. The van der Waals surface area contributed by atoms with E-state index in [9.17, 15) is 14.4 Å². The molecule has 0 unspecified atom stereocenters. The standard InChI is InChI=1S/C25H17Cl2NO4S/c26-19-9-8-18(21(27)13-19)15-32-20-10-6-16(7-11-20)12-23-24(30)28(25(31)33-23)14-22(29)17-4-2-1-3-5-17/h1-13H,14-15H2/b23-12+. The highest BCUT2D eigenvalue weighted by Crippen LogP contribution is 2.32. The zero-order valence-electron chi connectivity index (χ0n) is 17.2. The van der Waals surface area contributed by atoms with E-state index in [0.29, 0.717) is 21.4 Å². The van der Waals surface area contributed by atoms with Crippen molar-refractivity contribution in [3.8, 4) is 5.75 Å². The molecule has 0 N–H and O–H groups in total. The van der Waals surface area contributed by atoms with Crippen molar-refractivity contribution in [2.45, 2.75) is 6.61 Å². The number of thioether (sulfide) groups is 1. The average Bonchev–Trinajstić information content (AvgIpc) is 3.07. The third-order valence-corrected chi connectivity index (χ3v) is 6.35. The summed E-state index contributed by atoms with van der Waals surface area (Å²) in [6.07, 6.45) is 1.62. The molecule has 0 aromatic heterocycles. The van der Waals surface area contributed by atoms with Crippen LogP contribution in [0.5, 0.6) is 5.75 Å². The number of amides is 2. The minimum atomic E-state index is -0.480. The second kappa shape index (κ2) is 10.3. The van der Waals surface area contributed by atoms with Gasteiger partial charge in [-0.05, 0) is 47.7 Å². The molecule has 3 aromatic rings. The lowest BCUT2D eigenvalue weighted by Crippen LogP contribution is -2.33. The third-order valence-electron chi connectivity index (χ3n) is 4.86. The van der Waals surface area contributed by atoms with Crippen molar-refractivity contribution in [1.82, 2.24) is 4.90 Å². The molecule has 1 saturated heterocycles. The summed E-state index contributed by atoms with van der Waals surface area (Å²) in [5.74, 6) is -0.145. The van der Waals surface area contributed by atoms with Crippen LogP contribution in [0.1, 0.15) is 21.5 Å². The van der Waals surface area contributed by atoms with E-state index in [-0.39, 0.29) is 23.8 Å². The van der Waals surface area contributed by atoms with E-state index in [1.807, 2.05) is 0 Å². The molecule has 8 heteroatoms. The van der Waals surface area contributed by atoms with Crippen molar-refractivity contribution in [1.29, 1.82) is 0 Å². The molecular weight excluding hydrogens is 481 g/mol. The molecule has 1 aliphatic heterocycles. The van der Waals surface area contributed by atoms with Crippen LogP contribution >= 0.6 is 35.0 Å². The van der Waals surface area contributed by atoms with Gasteiger partial charge in [0.25, 0.3) is 11.1 Å². The fraction of sp³-hybridized carbons (Fsp3) is 0.0800. The smallest absolute Gasteiger partial charge is 0.293 e. The number of nitrogens with zero attached hydrogens (tertiary/aromatic N) is 1. The number of ether oxygens (including phenoxy) is 1. The Balaban J connectivity index is 1.39. The van der Waals surface area contributed by atoms with Gasteiger partial charge in [-0.15, -0.1) is 0 Å². The van der Waals surface area contributed by atoms with Gasteiger partial charge in [0.15, 0.2) is 5.78 Å². The molecule has 3 aromatic carbocycles. The number of hydrogen-bond donors (Lipinski definition) is 0. The van der Waals surface area contributed by atoms with Crippen LogP contribution in [0.25, 0.3) is 6.08 Å². The normalized spacial score (nSPS) is 14.7. The molecule has 4 rings (SSSR count). The van der Waals surface area contributed by atoms with Crippen molar-refractivity contribution < 1.29 is 19.1 Å². The van der Waals surface area contributed by atoms with Gasteiger partial charge in [-0.2, -0.15) is 0 Å². The van der Waals surface area contributed by atoms with Crippen LogP contribution in [0, 0.1) is 0 Å². The van der Waals surface area contributed by atoms with Gasteiger partial charge in [-0.25, -0.2) is 0 Å². The fourth-order valence-electron chi connectivity index (χ4n) is 3.11. The molecular formula is C25H17Cl2NO4S. The molecule has 0 aliphatic carbocycles. The lowest BCUT2D eigenvalue weighted by molar-refractivity contribution is -0.122. The molecule has 1 fully saturated rings. The van der Waals surface area contributed by atoms with Crippen LogP contribution in [-0.4, -0.2) is 28.4 Å². The highest BCUT2D eigenvalue weighted by atomic mass is 35.5. The molecule has 0 saturated carbocycles. The maximum absolute atomic E-state index is 12.7. The summed E-state index contributed by atoms with van der Waals surface area (Å²) in [5.41, 5.74) is 1.99. The van der Waals surface area contributed by atoms with Crippen molar-refractivity contribution in [2.24, 2.45) is 0 Å². The lowest BCUT2D eigenvalue weighted by Gasteiger charge is -2.11. The molecule has 166 valence electrons. The van der Waals surface area contributed by atoms with Crippen LogP contribution in [0.3, 0.4) is 0 Å². The molecule has 0 radical (unpaired) electrons. The van der Waals surface area contributed by atoms with E-state index >= 15 is 0 Å². The molecule has 1 aliphatic rings. The van der Waals surface area contributed by atoms with E-state index in [0.717, 1.165) is 27.8 Å². The van der Waals surface area contributed by atoms with E-state index in [4.69, 9.17) is 27.9 Å². The maximum atomic E-state index is 12.7. The Labute approximate surface area is 204 Å². The Kier molecular flexibility index (Phi) is 7.18. The fourth-order valence-corrected chi connectivity index (χ4v) is 4.41. The zero-order valence-corrected chi connectivity index (χ0v) is 19.5. The van der Waals surface area contributed by atoms with Crippen molar-refractivity contribution >= 4 is 58.0 Å². The topological polar surface area (TPSA) is 63.7 Å². The summed E-state index contributed by atoms with van der Waals surface area (Å²) in [6.45, 7) is -0.00423. The highest BCUT2D eigenvalue weighted by Gasteiger charge is 2.36. The number of imide groups is 1. The molecule has 0 spiro atoms. The SMILES string of the molecule is O=C(CN1C(=O)S/C(=C/c2ccc(OCc3ccc(Cl)cc3Cl)cc2)C1=O)c1ccccc1. The van der Waals surface area contributed by atoms with Crippen LogP contribution < -0.4 is 4.74 Å². The largest absolute Gasteiger partial charge is 0.489 e. The molecule has 2 amide bonds. The number of carbonyl (C=O) groups excluding carboxylic acids is 3. The summed E-state index contributed by atoms with van der Waals surface area (Å²) in [5, 5.41) is 0.623. The predicted octanol–water partition coefficient (Wildman–Crippen LogP) is 6.49. The monoisotopic (exact) mass is 497 g/mol. The number of rotatable bonds is 7. The van der Waals surface area contributed by atoms with E-state index in [1.54, 1.807) is 78.9 Å². The maximum Gasteiger partial charge on any atom is 0.293 e. The van der Waals surface area contributed by atoms with E-state index < -0.39 is 11.1 Å². The van der Waals surface area contributed by atoms with Gasteiger partial charge in [-0.1, -0.05) is 71.7 Å². The number of benzene rings is 3. The molecule has 33 heavy (non-hydrogen) atoms. The molecule has 0 bridgehead atoms. The zero-order chi connectivity index (χ0) is 23.4. The average molecular weight is 498 g/mol. The summed E-state index contributed by atoms with van der Waals surface area (Å²) in [6, 6.07) is 20.9. The molecule has 5 nitrogen and oxygen atoms in total. The first-order valence-electron chi connectivity index (χ1n) is 9.91. The van der Waals surface area contributed by atoms with Gasteiger partial charge in [0.2, 0.25) is 0 Å². The number of hydrogen-bond acceptors (Lipinski definition) is 5. The molecule has 1 heterocycles. The van der Waals surface area contributed by atoms with Gasteiger partial charge in [-0.3, -0.25) is 19.3 Å². The second-order valence-electron chi connectivity index (χ2n) is 7.15. The summed E-state index contributed by atoms with van der Waals surface area (Å²) in [4.78, 5) is 38.6. The Bertz CT molecular complexity index is 1240. The second-order valence-corrected chi connectivity index (χ2v) is 8.99. The first-order chi connectivity index (χ1) is 15.9. The number of Topliss-reactive ketones (excluding diaryl/α,β-unsaturated/α-hetero) is 1. The number of ketones is 1. The minimum Gasteiger partial charge on any atom is -0.489 e. The Morgan fingerprint density at radius 3 is 2.39 bits per heavy atom. The van der Waals surface area contributed by atoms with Crippen LogP contribution in [0.15, 0.2) is 77.7 Å². The van der Waals surface area contributed by atoms with Crippen molar-refractivity contribution in [3.63, 3.8) is 0 Å². The van der Waals surface area contributed by atoms with Crippen molar-refractivity contribution in [3.05, 3.63) is 104 Å². The van der Waals surface area contributed by atoms with Gasteiger partial charge in [0, 0.05) is 21.2 Å².